The van der Waals surface area contributed by atoms with Gasteiger partial charge in [0.05, 0.1) is 6.54 Å². The van der Waals surface area contributed by atoms with Crippen molar-refractivity contribution in [3.63, 3.8) is 0 Å². The standard InChI is InChI=1S/C19H30N4O.HI/c1-4-15(3)22-18(24)17-10-8-9-16(13-17)14-21-19(20-5-2)23-11-6-7-12-23;/h8-10,13,15H,4-7,11-12,14H2,1-3H3,(H,20,21)(H,22,24);1H. The van der Waals surface area contributed by atoms with E-state index in [0.717, 1.165) is 37.6 Å². The quantitative estimate of drug-likeness (QED) is 0.391. The average molecular weight is 458 g/mol. The van der Waals surface area contributed by atoms with Crippen molar-refractivity contribution >= 4 is 35.8 Å². The number of nitrogens with zero attached hydrogens (tertiary/aromatic N) is 2. The first kappa shape index (κ1) is 21.7. The van der Waals surface area contributed by atoms with Crippen molar-refractivity contribution in [3.05, 3.63) is 35.4 Å². The number of guanidine groups is 1. The fourth-order valence-electron chi connectivity index (χ4n) is 2.74. The molecule has 6 heteroatoms. The number of likely N-dealkylation sites (tertiary alicyclic amines) is 1. The smallest absolute Gasteiger partial charge is 0.251 e. The van der Waals surface area contributed by atoms with E-state index in [4.69, 9.17) is 4.99 Å². The largest absolute Gasteiger partial charge is 0.357 e. The molecule has 0 aliphatic carbocycles. The second-order valence-corrected chi connectivity index (χ2v) is 6.35. The molecule has 1 fully saturated rings. The average Bonchev–Trinajstić information content (AvgIpc) is 3.13. The number of hydrogen-bond acceptors (Lipinski definition) is 2. The molecule has 0 spiro atoms. The van der Waals surface area contributed by atoms with Crippen molar-refractivity contribution in [1.29, 1.82) is 0 Å². The van der Waals surface area contributed by atoms with E-state index in [2.05, 4.69) is 29.4 Å². The van der Waals surface area contributed by atoms with Crippen LogP contribution in [0.2, 0.25) is 0 Å². The van der Waals surface area contributed by atoms with Gasteiger partial charge in [-0.25, -0.2) is 4.99 Å². The van der Waals surface area contributed by atoms with E-state index in [9.17, 15) is 4.79 Å². The summed E-state index contributed by atoms with van der Waals surface area (Å²) in [5.74, 6) is 0.964. The number of rotatable bonds is 6. The van der Waals surface area contributed by atoms with Crippen LogP contribution in [0.4, 0.5) is 0 Å². The SMILES string of the molecule is CCNC(=NCc1cccc(C(=O)NC(C)CC)c1)N1CCCC1.I. The summed E-state index contributed by atoms with van der Waals surface area (Å²) in [5.41, 5.74) is 1.76. The molecule has 1 aromatic carbocycles. The van der Waals surface area contributed by atoms with E-state index in [1.807, 2.05) is 31.2 Å². The fourth-order valence-corrected chi connectivity index (χ4v) is 2.74. The number of aliphatic imine (C=N–C) groups is 1. The zero-order valence-electron chi connectivity index (χ0n) is 15.5. The van der Waals surface area contributed by atoms with Gasteiger partial charge in [-0.3, -0.25) is 4.79 Å². The van der Waals surface area contributed by atoms with Crippen molar-refractivity contribution in [2.24, 2.45) is 4.99 Å². The van der Waals surface area contributed by atoms with Crippen LogP contribution in [0, 0.1) is 0 Å². The highest BCUT2D eigenvalue weighted by Gasteiger charge is 2.15. The molecule has 1 heterocycles. The lowest BCUT2D eigenvalue weighted by atomic mass is 10.1. The van der Waals surface area contributed by atoms with Crippen LogP contribution in [0.5, 0.6) is 0 Å². The highest BCUT2D eigenvalue weighted by molar-refractivity contribution is 14.0. The second-order valence-electron chi connectivity index (χ2n) is 6.35. The van der Waals surface area contributed by atoms with Crippen LogP contribution in [-0.2, 0) is 6.54 Å². The molecule has 1 aliphatic rings. The molecule has 2 N–H and O–H groups in total. The van der Waals surface area contributed by atoms with Gasteiger partial charge in [0.1, 0.15) is 0 Å². The number of hydrogen-bond donors (Lipinski definition) is 2. The van der Waals surface area contributed by atoms with E-state index in [0.29, 0.717) is 12.1 Å². The van der Waals surface area contributed by atoms with Crippen LogP contribution < -0.4 is 10.6 Å². The monoisotopic (exact) mass is 458 g/mol. The van der Waals surface area contributed by atoms with Crippen molar-refractivity contribution in [2.45, 2.75) is 52.6 Å². The van der Waals surface area contributed by atoms with Crippen molar-refractivity contribution in [3.8, 4) is 0 Å². The predicted molar refractivity (Wildman–Crippen MR) is 115 cm³/mol. The van der Waals surface area contributed by atoms with E-state index >= 15 is 0 Å². The number of carbonyl (C=O) groups excluding carboxylic acids is 1. The first-order valence-electron chi connectivity index (χ1n) is 9.07. The molecule has 1 atom stereocenters. The summed E-state index contributed by atoms with van der Waals surface area (Å²) in [6.07, 6.45) is 3.39. The number of benzene rings is 1. The Morgan fingerprint density at radius 2 is 2.00 bits per heavy atom. The van der Waals surface area contributed by atoms with Gasteiger partial charge in [0.25, 0.3) is 5.91 Å². The van der Waals surface area contributed by atoms with E-state index in [1.165, 1.54) is 12.8 Å². The van der Waals surface area contributed by atoms with Gasteiger partial charge in [-0.05, 0) is 50.8 Å². The van der Waals surface area contributed by atoms with Gasteiger partial charge in [-0.15, -0.1) is 24.0 Å². The molecular weight excluding hydrogens is 427 g/mol. The minimum Gasteiger partial charge on any atom is -0.357 e. The zero-order valence-corrected chi connectivity index (χ0v) is 17.9. The third-order valence-electron chi connectivity index (χ3n) is 4.33. The molecular formula is C19H31IN4O. The molecule has 2 rings (SSSR count). The minimum absolute atomic E-state index is 0. The molecule has 0 radical (unpaired) electrons. The molecule has 140 valence electrons. The Bertz CT molecular complexity index is 570. The van der Waals surface area contributed by atoms with Crippen LogP contribution >= 0.6 is 24.0 Å². The van der Waals surface area contributed by atoms with Crippen molar-refractivity contribution in [2.75, 3.05) is 19.6 Å². The number of carbonyl (C=O) groups is 1. The van der Waals surface area contributed by atoms with E-state index < -0.39 is 0 Å². The summed E-state index contributed by atoms with van der Waals surface area (Å²) < 4.78 is 0. The van der Waals surface area contributed by atoms with Crippen LogP contribution in [0.1, 0.15) is 56.0 Å². The Labute approximate surface area is 168 Å². The van der Waals surface area contributed by atoms with Gasteiger partial charge in [-0.2, -0.15) is 0 Å². The summed E-state index contributed by atoms with van der Waals surface area (Å²) in [6, 6.07) is 7.94. The van der Waals surface area contributed by atoms with Gasteiger partial charge < -0.3 is 15.5 Å². The van der Waals surface area contributed by atoms with Crippen molar-refractivity contribution < 1.29 is 4.79 Å². The van der Waals surface area contributed by atoms with Crippen LogP contribution in [0.25, 0.3) is 0 Å². The van der Waals surface area contributed by atoms with E-state index in [1.54, 1.807) is 0 Å². The molecule has 5 nitrogen and oxygen atoms in total. The molecule has 0 aromatic heterocycles. The first-order valence-corrected chi connectivity index (χ1v) is 9.07. The molecule has 0 saturated carbocycles. The Balaban J connectivity index is 0.00000312. The van der Waals surface area contributed by atoms with Gasteiger partial charge in [0.2, 0.25) is 0 Å². The van der Waals surface area contributed by atoms with Crippen LogP contribution in [0.3, 0.4) is 0 Å². The fraction of sp³-hybridized carbons (Fsp3) is 0.579. The summed E-state index contributed by atoms with van der Waals surface area (Å²) >= 11 is 0. The molecule has 1 unspecified atom stereocenters. The summed E-state index contributed by atoms with van der Waals surface area (Å²) in [4.78, 5) is 19.3. The predicted octanol–water partition coefficient (Wildman–Crippen LogP) is 3.39. The summed E-state index contributed by atoms with van der Waals surface area (Å²) in [5, 5.41) is 6.37. The molecule has 1 aliphatic heterocycles. The molecule has 0 bridgehead atoms. The highest BCUT2D eigenvalue weighted by Crippen LogP contribution is 2.10. The minimum atomic E-state index is -0.0124. The maximum absolute atomic E-state index is 12.2. The van der Waals surface area contributed by atoms with Gasteiger partial charge in [0.15, 0.2) is 5.96 Å². The lowest BCUT2D eigenvalue weighted by molar-refractivity contribution is 0.0939. The highest BCUT2D eigenvalue weighted by atomic mass is 127. The molecule has 1 aromatic rings. The lowest BCUT2D eigenvalue weighted by Gasteiger charge is -2.20. The molecule has 1 amide bonds. The topological polar surface area (TPSA) is 56.7 Å². The number of halogens is 1. The normalized spacial score (nSPS) is 15.5. The number of amides is 1. The third-order valence-corrected chi connectivity index (χ3v) is 4.33. The first-order chi connectivity index (χ1) is 11.6. The van der Waals surface area contributed by atoms with Gasteiger partial charge >= 0.3 is 0 Å². The molecule has 25 heavy (non-hydrogen) atoms. The second kappa shape index (κ2) is 11.3. The van der Waals surface area contributed by atoms with Gasteiger partial charge in [-0.1, -0.05) is 19.1 Å². The van der Waals surface area contributed by atoms with Gasteiger partial charge in [0, 0.05) is 31.2 Å². The van der Waals surface area contributed by atoms with Crippen molar-refractivity contribution in [1.82, 2.24) is 15.5 Å². The van der Waals surface area contributed by atoms with Crippen LogP contribution in [0.15, 0.2) is 29.3 Å². The van der Waals surface area contributed by atoms with E-state index in [-0.39, 0.29) is 35.9 Å². The lowest BCUT2D eigenvalue weighted by Crippen LogP contribution is -2.39. The van der Waals surface area contributed by atoms with Crippen LogP contribution in [-0.4, -0.2) is 42.4 Å². The Morgan fingerprint density at radius 1 is 1.28 bits per heavy atom. The Kier molecular flexibility index (Phi) is 9.85. The maximum Gasteiger partial charge on any atom is 0.251 e. The number of nitrogens with one attached hydrogen (secondary N) is 2. The Hall–Kier alpha value is -1.31. The Morgan fingerprint density at radius 3 is 2.64 bits per heavy atom. The zero-order chi connectivity index (χ0) is 17.4. The third kappa shape index (κ3) is 6.84. The molecule has 1 saturated heterocycles. The summed E-state index contributed by atoms with van der Waals surface area (Å²) in [7, 11) is 0. The summed E-state index contributed by atoms with van der Waals surface area (Å²) in [6.45, 7) is 9.77. The maximum atomic E-state index is 12.2.